The molecular weight excluding hydrogens is 458 g/mol. The quantitative estimate of drug-likeness (QED) is 0.434. The SMILES string of the molecule is COc1cc(NC(CC2CCOCC2)C(=O)Nc2cnccn2)c(C=N)c(S(=O)(=O)C2CC2)c1. The number of benzene rings is 1. The van der Waals surface area contributed by atoms with E-state index in [1.165, 1.54) is 31.8 Å². The highest BCUT2D eigenvalue weighted by molar-refractivity contribution is 7.92. The number of carbonyl (C=O) groups excluding carboxylic acids is 1. The fourth-order valence-electron chi connectivity index (χ4n) is 4.09. The van der Waals surface area contributed by atoms with Gasteiger partial charge in [-0.15, -0.1) is 0 Å². The van der Waals surface area contributed by atoms with Gasteiger partial charge in [0.2, 0.25) is 5.91 Å². The maximum absolute atomic E-state index is 13.3. The molecule has 1 saturated heterocycles. The van der Waals surface area contributed by atoms with Crippen LogP contribution in [0, 0.1) is 11.3 Å². The lowest BCUT2D eigenvalue weighted by Crippen LogP contribution is -2.38. The van der Waals surface area contributed by atoms with Gasteiger partial charge < -0.3 is 25.5 Å². The van der Waals surface area contributed by atoms with Gasteiger partial charge in [0.05, 0.1) is 23.5 Å². The van der Waals surface area contributed by atoms with Crippen molar-refractivity contribution in [1.82, 2.24) is 9.97 Å². The highest BCUT2D eigenvalue weighted by Gasteiger charge is 2.39. The number of anilines is 2. The molecule has 2 fully saturated rings. The second kappa shape index (κ2) is 10.5. The van der Waals surface area contributed by atoms with Gasteiger partial charge in [-0.25, -0.2) is 13.4 Å². The molecule has 11 heteroatoms. The van der Waals surface area contributed by atoms with Crippen molar-refractivity contribution in [2.24, 2.45) is 5.92 Å². The van der Waals surface area contributed by atoms with E-state index in [-0.39, 0.29) is 22.3 Å². The predicted molar refractivity (Wildman–Crippen MR) is 127 cm³/mol. The molecule has 1 aliphatic carbocycles. The van der Waals surface area contributed by atoms with Gasteiger partial charge in [0.15, 0.2) is 15.7 Å². The summed E-state index contributed by atoms with van der Waals surface area (Å²) in [6, 6.07) is 2.37. The molecule has 182 valence electrons. The number of hydrogen-bond donors (Lipinski definition) is 3. The van der Waals surface area contributed by atoms with Gasteiger partial charge in [-0.05, 0) is 44.1 Å². The second-order valence-corrected chi connectivity index (χ2v) is 10.7. The molecule has 34 heavy (non-hydrogen) atoms. The van der Waals surface area contributed by atoms with Crippen LogP contribution >= 0.6 is 0 Å². The Balaban J connectivity index is 1.67. The maximum atomic E-state index is 13.3. The van der Waals surface area contributed by atoms with E-state index in [4.69, 9.17) is 14.9 Å². The van der Waals surface area contributed by atoms with Gasteiger partial charge in [0.1, 0.15) is 11.8 Å². The molecule has 1 amide bonds. The van der Waals surface area contributed by atoms with Crippen molar-refractivity contribution in [1.29, 1.82) is 5.41 Å². The zero-order valence-electron chi connectivity index (χ0n) is 19.0. The Hall–Kier alpha value is -3.05. The molecule has 4 rings (SSSR count). The highest BCUT2D eigenvalue weighted by atomic mass is 32.2. The molecule has 2 aliphatic rings. The molecule has 1 atom stereocenters. The van der Waals surface area contributed by atoms with E-state index in [0.29, 0.717) is 49.7 Å². The largest absolute Gasteiger partial charge is 0.497 e. The summed E-state index contributed by atoms with van der Waals surface area (Å²) in [5.41, 5.74) is 0.580. The maximum Gasteiger partial charge on any atom is 0.248 e. The highest BCUT2D eigenvalue weighted by Crippen LogP contribution is 2.38. The van der Waals surface area contributed by atoms with Crippen LogP contribution in [-0.2, 0) is 19.4 Å². The minimum absolute atomic E-state index is 0.0472. The van der Waals surface area contributed by atoms with E-state index < -0.39 is 21.1 Å². The van der Waals surface area contributed by atoms with Crippen LogP contribution in [-0.4, -0.2) is 62.1 Å². The van der Waals surface area contributed by atoms with Crippen LogP contribution in [0.4, 0.5) is 11.5 Å². The first kappa shape index (κ1) is 24.1. The first-order valence-corrected chi connectivity index (χ1v) is 12.8. The van der Waals surface area contributed by atoms with Crippen molar-refractivity contribution in [2.45, 2.75) is 48.3 Å². The Morgan fingerprint density at radius 3 is 2.65 bits per heavy atom. The molecule has 2 heterocycles. The summed E-state index contributed by atoms with van der Waals surface area (Å²) in [4.78, 5) is 21.4. The average Bonchev–Trinajstić information content (AvgIpc) is 3.71. The Labute approximate surface area is 198 Å². The molecule has 1 aliphatic heterocycles. The van der Waals surface area contributed by atoms with Crippen LogP contribution in [0.3, 0.4) is 0 Å². The summed E-state index contributed by atoms with van der Waals surface area (Å²) in [5, 5.41) is 13.5. The number of rotatable bonds is 10. The van der Waals surface area contributed by atoms with Crippen LogP contribution in [0.15, 0.2) is 35.6 Å². The van der Waals surface area contributed by atoms with Crippen LogP contribution in [0.2, 0.25) is 0 Å². The zero-order chi connectivity index (χ0) is 24.1. The Morgan fingerprint density at radius 2 is 2.03 bits per heavy atom. The summed E-state index contributed by atoms with van der Waals surface area (Å²) in [6.07, 6.45) is 8.85. The third kappa shape index (κ3) is 5.53. The molecule has 0 bridgehead atoms. The lowest BCUT2D eigenvalue weighted by Gasteiger charge is -2.28. The first-order valence-electron chi connectivity index (χ1n) is 11.3. The van der Waals surface area contributed by atoms with E-state index in [1.807, 2.05) is 0 Å². The summed E-state index contributed by atoms with van der Waals surface area (Å²) < 4.78 is 37.0. The van der Waals surface area contributed by atoms with Gasteiger partial charge in [-0.2, -0.15) is 0 Å². The zero-order valence-corrected chi connectivity index (χ0v) is 19.8. The standard InChI is InChI=1S/C23H29N5O5S/c1-32-16-11-19(18(13-24)21(12-16)34(30,31)17-2-3-17)27-20(10-15-4-8-33-9-5-15)23(29)28-22-14-25-6-7-26-22/h6-7,11-15,17,20,24,27H,2-5,8-10H2,1H3,(H,26,28,29). The van der Waals surface area contributed by atoms with Crippen molar-refractivity contribution in [3.05, 3.63) is 36.3 Å². The van der Waals surface area contributed by atoms with Crippen molar-refractivity contribution >= 4 is 33.5 Å². The number of carbonyl (C=O) groups is 1. The molecule has 1 aromatic carbocycles. The van der Waals surface area contributed by atoms with Crippen molar-refractivity contribution in [2.75, 3.05) is 31.0 Å². The van der Waals surface area contributed by atoms with Crippen LogP contribution in [0.25, 0.3) is 0 Å². The Morgan fingerprint density at radius 1 is 1.26 bits per heavy atom. The summed E-state index contributed by atoms with van der Waals surface area (Å²) >= 11 is 0. The number of ether oxygens (including phenoxy) is 2. The van der Waals surface area contributed by atoms with E-state index in [1.54, 1.807) is 6.07 Å². The van der Waals surface area contributed by atoms with Crippen molar-refractivity contribution in [3.8, 4) is 5.75 Å². The lowest BCUT2D eigenvalue weighted by molar-refractivity contribution is -0.117. The number of sulfone groups is 1. The van der Waals surface area contributed by atoms with E-state index >= 15 is 0 Å². The number of nitrogens with zero attached hydrogens (tertiary/aromatic N) is 2. The average molecular weight is 488 g/mol. The minimum atomic E-state index is -3.60. The summed E-state index contributed by atoms with van der Waals surface area (Å²) in [6.45, 7) is 1.27. The van der Waals surface area contributed by atoms with Gasteiger partial charge in [-0.1, -0.05) is 0 Å². The number of aromatic nitrogens is 2. The number of hydrogen-bond acceptors (Lipinski definition) is 9. The smallest absolute Gasteiger partial charge is 0.248 e. The Kier molecular flexibility index (Phi) is 7.42. The molecular formula is C23H29N5O5S. The summed E-state index contributed by atoms with van der Waals surface area (Å²) in [5.74, 6) is 0.590. The minimum Gasteiger partial charge on any atom is -0.497 e. The van der Waals surface area contributed by atoms with E-state index in [9.17, 15) is 13.2 Å². The molecule has 1 unspecified atom stereocenters. The van der Waals surface area contributed by atoms with Gasteiger partial charge in [0, 0.05) is 49.1 Å². The molecule has 10 nitrogen and oxygen atoms in total. The van der Waals surface area contributed by atoms with Crippen LogP contribution < -0.4 is 15.4 Å². The van der Waals surface area contributed by atoms with E-state index in [2.05, 4.69) is 20.6 Å². The molecule has 2 aromatic rings. The molecule has 3 N–H and O–H groups in total. The molecule has 1 saturated carbocycles. The lowest BCUT2D eigenvalue weighted by atomic mass is 9.92. The molecule has 1 aromatic heterocycles. The van der Waals surface area contributed by atoms with Crippen LogP contribution in [0.5, 0.6) is 5.75 Å². The topological polar surface area (TPSA) is 143 Å². The van der Waals surface area contributed by atoms with Gasteiger partial charge in [0.25, 0.3) is 0 Å². The number of methoxy groups -OCH3 is 1. The molecule has 0 spiro atoms. The fourth-order valence-corrected chi connectivity index (χ4v) is 5.96. The third-order valence-electron chi connectivity index (χ3n) is 6.14. The predicted octanol–water partition coefficient (Wildman–Crippen LogP) is 2.65. The normalized spacial score (nSPS) is 17.6. The van der Waals surface area contributed by atoms with Gasteiger partial charge in [-0.3, -0.25) is 9.78 Å². The first-order chi connectivity index (χ1) is 16.4. The second-order valence-electron chi connectivity index (χ2n) is 8.54. The fraction of sp³-hybridized carbons (Fsp3) is 0.478. The van der Waals surface area contributed by atoms with Crippen LogP contribution in [0.1, 0.15) is 37.7 Å². The number of amides is 1. The third-order valence-corrected chi connectivity index (χ3v) is 8.44. The van der Waals surface area contributed by atoms with Gasteiger partial charge >= 0.3 is 0 Å². The molecule has 0 radical (unpaired) electrons. The Bertz CT molecular complexity index is 1130. The van der Waals surface area contributed by atoms with Crippen molar-refractivity contribution in [3.63, 3.8) is 0 Å². The monoisotopic (exact) mass is 487 g/mol. The number of nitrogens with one attached hydrogen (secondary N) is 3. The van der Waals surface area contributed by atoms with Crippen molar-refractivity contribution < 1.29 is 22.7 Å². The van der Waals surface area contributed by atoms with E-state index in [0.717, 1.165) is 19.1 Å². The summed E-state index contributed by atoms with van der Waals surface area (Å²) in [7, 11) is -2.15.